The van der Waals surface area contributed by atoms with Crippen LogP contribution in [-0.2, 0) is 6.42 Å². The molecule has 0 radical (unpaired) electrons. The average Bonchev–Trinajstić information content (AvgIpc) is 2.24. The van der Waals surface area contributed by atoms with Gasteiger partial charge in [-0.1, -0.05) is 6.07 Å². The third kappa shape index (κ3) is 2.22. The van der Waals surface area contributed by atoms with Crippen molar-refractivity contribution in [3.05, 3.63) is 47.8 Å². The normalized spacial score (nSPS) is 10.1. The summed E-state index contributed by atoms with van der Waals surface area (Å²) in [5.41, 5.74) is 13.4. The van der Waals surface area contributed by atoms with Gasteiger partial charge in [0.2, 0.25) is 0 Å². The fourth-order valence-corrected chi connectivity index (χ4v) is 1.39. The van der Waals surface area contributed by atoms with Gasteiger partial charge in [-0.3, -0.25) is 4.98 Å². The Kier molecular flexibility index (Phi) is 2.49. The van der Waals surface area contributed by atoms with E-state index in [0.29, 0.717) is 11.6 Å². The monoisotopic (exact) mass is 200 g/mol. The molecule has 0 aliphatic rings. The molecule has 0 aliphatic carbocycles. The van der Waals surface area contributed by atoms with Crippen LogP contribution in [0.3, 0.4) is 0 Å². The first-order valence-corrected chi connectivity index (χ1v) is 4.65. The van der Waals surface area contributed by atoms with Crippen LogP contribution in [0.25, 0.3) is 0 Å². The highest BCUT2D eigenvalue weighted by Crippen LogP contribution is 2.15. The highest BCUT2D eigenvalue weighted by Gasteiger charge is 2.02. The summed E-state index contributed by atoms with van der Waals surface area (Å²) in [5.74, 6) is 0.942. The first-order valence-electron chi connectivity index (χ1n) is 4.65. The third-order valence-corrected chi connectivity index (χ3v) is 2.18. The second-order valence-corrected chi connectivity index (χ2v) is 3.31. The summed E-state index contributed by atoms with van der Waals surface area (Å²) >= 11 is 0. The minimum absolute atomic E-state index is 0.450. The molecule has 0 aliphatic heterocycles. The van der Waals surface area contributed by atoms with Crippen LogP contribution in [0.4, 0.5) is 11.6 Å². The fourth-order valence-electron chi connectivity index (χ4n) is 1.39. The lowest BCUT2D eigenvalue weighted by atomic mass is 10.1. The Morgan fingerprint density at radius 3 is 2.40 bits per heavy atom. The minimum atomic E-state index is 0.450. The Bertz CT molecular complexity index is 453. The maximum absolute atomic E-state index is 5.76. The van der Waals surface area contributed by atoms with Crippen molar-refractivity contribution in [2.45, 2.75) is 6.42 Å². The summed E-state index contributed by atoms with van der Waals surface area (Å²) in [6.45, 7) is 0. The summed E-state index contributed by atoms with van der Waals surface area (Å²) in [6, 6.07) is 7.57. The average molecular weight is 200 g/mol. The van der Waals surface area contributed by atoms with Crippen LogP contribution in [-0.4, -0.2) is 9.97 Å². The van der Waals surface area contributed by atoms with Gasteiger partial charge in [-0.15, -0.1) is 0 Å². The third-order valence-electron chi connectivity index (χ3n) is 2.18. The number of aromatic nitrogens is 2. The standard InChI is InChI=1S/C11H12N4/c12-10-2-1-9(11(13)15-10)7-8-3-5-14-6-4-8/h1-6H,7H2,(H4,12,13,15). The van der Waals surface area contributed by atoms with E-state index in [1.165, 1.54) is 0 Å². The molecule has 4 N–H and O–H groups in total. The zero-order chi connectivity index (χ0) is 10.7. The van der Waals surface area contributed by atoms with Crippen molar-refractivity contribution in [2.24, 2.45) is 0 Å². The predicted octanol–water partition coefficient (Wildman–Crippen LogP) is 1.23. The van der Waals surface area contributed by atoms with Gasteiger partial charge in [0.05, 0.1) is 0 Å². The van der Waals surface area contributed by atoms with Gasteiger partial charge in [0.15, 0.2) is 0 Å². The lowest BCUT2D eigenvalue weighted by molar-refractivity contribution is 1.14. The maximum atomic E-state index is 5.76. The van der Waals surface area contributed by atoms with Gasteiger partial charge in [0.1, 0.15) is 11.6 Å². The number of nitrogen functional groups attached to an aromatic ring is 2. The van der Waals surface area contributed by atoms with Gasteiger partial charge < -0.3 is 11.5 Å². The Hall–Kier alpha value is -2.10. The fraction of sp³-hybridized carbons (Fsp3) is 0.0909. The summed E-state index contributed by atoms with van der Waals surface area (Å²) in [5, 5.41) is 0. The highest BCUT2D eigenvalue weighted by molar-refractivity contribution is 5.47. The van der Waals surface area contributed by atoms with Gasteiger partial charge in [0.25, 0.3) is 0 Å². The van der Waals surface area contributed by atoms with Crippen molar-refractivity contribution in [3.63, 3.8) is 0 Å². The molecule has 2 heterocycles. The van der Waals surface area contributed by atoms with Crippen LogP contribution < -0.4 is 11.5 Å². The molecule has 4 nitrogen and oxygen atoms in total. The second-order valence-electron chi connectivity index (χ2n) is 3.31. The molecule has 0 saturated carbocycles. The van der Waals surface area contributed by atoms with Gasteiger partial charge in [-0.2, -0.15) is 0 Å². The van der Waals surface area contributed by atoms with E-state index in [4.69, 9.17) is 11.5 Å². The van der Waals surface area contributed by atoms with Crippen molar-refractivity contribution in [2.75, 3.05) is 11.5 Å². The highest BCUT2D eigenvalue weighted by atomic mass is 14.9. The van der Waals surface area contributed by atoms with E-state index in [9.17, 15) is 0 Å². The molecule has 2 rings (SSSR count). The van der Waals surface area contributed by atoms with Gasteiger partial charge in [-0.25, -0.2) is 4.98 Å². The van der Waals surface area contributed by atoms with Gasteiger partial charge >= 0.3 is 0 Å². The van der Waals surface area contributed by atoms with E-state index >= 15 is 0 Å². The zero-order valence-corrected chi connectivity index (χ0v) is 8.22. The number of nitrogens with two attached hydrogens (primary N) is 2. The van der Waals surface area contributed by atoms with E-state index in [-0.39, 0.29) is 0 Å². The molecule has 0 saturated heterocycles. The molecule has 0 fully saturated rings. The summed E-state index contributed by atoms with van der Waals surface area (Å²) in [6.07, 6.45) is 4.27. The van der Waals surface area contributed by atoms with Crippen LogP contribution in [0.1, 0.15) is 11.1 Å². The smallest absolute Gasteiger partial charge is 0.129 e. The number of anilines is 2. The lowest BCUT2D eigenvalue weighted by Gasteiger charge is -2.05. The van der Waals surface area contributed by atoms with Crippen LogP contribution in [0.5, 0.6) is 0 Å². The van der Waals surface area contributed by atoms with Crippen molar-refractivity contribution in [3.8, 4) is 0 Å². The van der Waals surface area contributed by atoms with E-state index in [2.05, 4.69) is 9.97 Å². The molecule has 2 aromatic heterocycles. The Morgan fingerprint density at radius 1 is 1.00 bits per heavy atom. The lowest BCUT2D eigenvalue weighted by Crippen LogP contribution is -2.01. The van der Waals surface area contributed by atoms with Crippen molar-refractivity contribution in [1.29, 1.82) is 0 Å². The summed E-state index contributed by atoms with van der Waals surface area (Å²) in [7, 11) is 0. The molecule has 2 aromatic rings. The molecule has 0 bridgehead atoms. The van der Waals surface area contributed by atoms with Crippen LogP contribution in [0.2, 0.25) is 0 Å². The molecule has 0 aromatic carbocycles. The number of rotatable bonds is 2. The molecule has 0 spiro atoms. The van der Waals surface area contributed by atoms with Gasteiger partial charge in [-0.05, 0) is 29.3 Å². The number of pyridine rings is 2. The van der Waals surface area contributed by atoms with E-state index in [0.717, 1.165) is 17.5 Å². The molecular formula is C11H12N4. The number of hydrogen-bond acceptors (Lipinski definition) is 4. The Labute approximate surface area is 88.0 Å². The molecule has 4 heteroatoms. The van der Waals surface area contributed by atoms with Crippen LogP contribution in [0.15, 0.2) is 36.7 Å². The first-order chi connectivity index (χ1) is 7.25. The number of nitrogens with zero attached hydrogens (tertiary/aromatic N) is 2. The topological polar surface area (TPSA) is 77.8 Å². The zero-order valence-electron chi connectivity index (χ0n) is 8.22. The van der Waals surface area contributed by atoms with Crippen LogP contribution >= 0.6 is 0 Å². The van der Waals surface area contributed by atoms with Crippen molar-refractivity contribution < 1.29 is 0 Å². The van der Waals surface area contributed by atoms with Crippen LogP contribution in [0, 0.1) is 0 Å². The molecule has 76 valence electrons. The number of hydrogen-bond donors (Lipinski definition) is 2. The molecular weight excluding hydrogens is 188 g/mol. The molecule has 0 atom stereocenters. The quantitative estimate of drug-likeness (QED) is 0.764. The largest absolute Gasteiger partial charge is 0.384 e. The van der Waals surface area contributed by atoms with Crippen molar-refractivity contribution >= 4 is 11.6 Å². The summed E-state index contributed by atoms with van der Waals surface area (Å²) in [4.78, 5) is 7.97. The SMILES string of the molecule is Nc1ccc(Cc2ccncc2)c(N)n1. The van der Waals surface area contributed by atoms with Crippen molar-refractivity contribution in [1.82, 2.24) is 9.97 Å². The Morgan fingerprint density at radius 2 is 1.73 bits per heavy atom. The van der Waals surface area contributed by atoms with E-state index in [1.807, 2.05) is 18.2 Å². The van der Waals surface area contributed by atoms with Gasteiger partial charge in [0, 0.05) is 18.8 Å². The van der Waals surface area contributed by atoms with E-state index < -0.39 is 0 Å². The van der Waals surface area contributed by atoms with E-state index in [1.54, 1.807) is 18.5 Å². The molecule has 0 unspecified atom stereocenters. The maximum Gasteiger partial charge on any atom is 0.129 e. The minimum Gasteiger partial charge on any atom is -0.384 e. The Balaban J connectivity index is 2.25. The molecule has 15 heavy (non-hydrogen) atoms. The second kappa shape index (κ2) is 3.96. The first kappa shape index (κ1) is 9.45. The summed E-state index contributed by atoms with van der Waals surface area (Å²) < 4.78 is 0. The predicted molar refractivity (Wildman–Crippen MR) is 60.1 cm³/mol. The molecule has 0 amide bonds.